The highest BCUT2D eigenvalue weighted by molar-refractivity contribution is 7.16. The molecule has 1 N–H and O–H groups in total. The van der Waals surface area contributed by atoms with E-state index in [1.165, 1.54) is 40.3 Å². The lowest BCUT2D eigenvalue weighted by Crippen LogP contribution is -2.17. The van der Waals surface area contributed by atoms with Gasteiger partial charge in [0, 0.05) is 12.5 Å². The maximum atomic E-state index is 12.6. The molecule has 0 fully saturated rings. The molecule has 0 atom stereocenters. The van der Waals surface area contributed by atoms with E-state index in [0.29, 0.717) is 10.7 Å². The van der Waals surface area contributed by atoms with Crippen molar-refractivity contribution in [2.75, 3.05) is 5.32 Å². The molecule has 4 rings (SSSR count). The van der Waals surface area contributed by atoms with E-state index in [4.69, 9.17) is 9.15 Å². The van der Waals surface area contributed by atoms with Crippen LogP contribution in [0.2, 0.25) is 0 Å². The van der Waals surface area contributed by atoms with Crippen molar-refractivity contribution < 1.29 is 18.7 Å². The maximum absolute atomic E-state index is 12.6. The number of nitrogens with zero attached hydrogens (tertiary/aromatic N) is 3. The smallest absolute Gasteiger partial charge is 0.340 e. The number of para-hydroxylation sites is 1. The van der Waals surface area contributed by atoms with Crippen LogP contribution in [0.4, 0.5) is 5.69 Å². The molecule has 1 amide bonds. The van der Waals surface area contributed by atoms with E-state index in [0.717, 1.165) is 17.8 Å². The molecule has 4 aromatic rings. The van der Waals surface area contributed by atoms with Crippen LogP contribution in [0.15, 0.2) is 57.9 Å². The summed E-state index contributed by atoms with van der Waals surface area (Å²) < 4.78 is 11.7. The van der Waals surface area contributed by atoms with Gasteiger partial charge in [0.05, 0.1) is 23.2 Å². The fraction of sp³-hybridized carbons (Fsp3) is 0.190. The molecule has 0 unspecified atom stereocenters. The number of aryl methyl sites for hydroxylation is 1. The van der Waals surface area contributed by atoms with Crippen LogP contribution in [-0.2, 0) is 17.8 Å². The number of esters is 1. The first-order valence-electron chi connectivity index (χ1n) is 9.55. The van der Waals surface area contributed by atoms with Crippen molar-refractivity contribution in [3.8, 4) is 0 Å². The van der Waals surface area contributed by atoms with Crippen molar-refractivity contribution in [1.29, 1.82) is 0 Å². The van der Waals surface area contributed by atoms with Gasteiger partial charge in [0.2, 0.25) is 4.96 Å². The zero-order valence-electron chi connectivity index (χ0n) is 16.5. The fourth-order valence-electron chi connectivity index (χ4n) is 2.86. The normalized spacial score (nSPS) is 10.9. The second-order valence-electron chi connectivity index (χ2n) is 6.58. The predicted molar refractivity (Wildman–Crippen MR) is 113 cm³/mol. The SMILES string of the molecule is CCCc1nn2c(=O)cc(COC(=O)c3ccccc3NC(=O)c3ccco3)nc2s1. The number of amides is 1. The molecule has 0 aliphatic heterocycles. The minimum Gasteiger partial charge on any atom is -0.459 e. The van der Waals surface area contributed by atoms with E-state index in [-0.39, 0.29) is 29.2 Å². The van der Waals surface area contributed by atoms with Crippen LogP contribution in [-0.4, -0.2) is 26.5 Å². The Hall–Kier alpha value is -3.79. The lowest BCUT2D eigenvalue weighted by atomic mass is 10.1. The zero-order chi connectivity index (χ0) is 21.8. The third-order valence-corrected chi connectivity index (χ3v) is 5.26. The number of ether oxygens (including phenoxy) is 1. The van der Waals surface area contributed by atoms with Gasteiger partial charge in [0.25, 0.3) is 11.5 Å². The van der Waals surface area contributed by atoms with Crippen molar-refractivity contribution in [2.24, 2.45) is 0 Å². The first kappa shape index (κ1) is 20.5. The van der Waals surface area contributed by atoms with E-state index in [9.17, 15) is 14.4 Å². The van der Waals surface area contributed by atoms with E-state index in [1.54, 1.807) is 24.3 Å². The topological polar surface area (TPSA) is 116 Å². The molecule has 1 aromatic carbocycles. The number of carbonyl (C=O) groups is 2. The van der Waals surface area contributed by atoms with Gasteiger partial charge in [-0.05, 0) is 30.7 Å². The largest absolute Gasteiger partial charge is 0.459 e. The third-order valence-electron chi connectivity index (χ3n) is 4.30. The molecule has 0 spiro atoms. The van der Waals surface area contributed by atoms with Gasteiger partial charge in [0.15, 0.2) is 5.76 Å². The van der Waals surface area contributed by atoms with Crippen molar-refractivity contribution in [1.82, 2.24) is 14.6 Å². The molecule has 10 heteroatoms. The Morgan fingerprint density at radius 2 is 2.06 bits per heavy atom. The average molecular weight is 438 g/mol. The monoisotopic (exact) mass is 438 g/mol. The summed E-state index contributed by atoms with van der Waals surface area (Å²) in [6, 6.07) is 10.9. The number of aromatic nitrogens is 3. The molecule has 0 aliphatic rings. The Kier molecular flexibility index (Phi) is 5.89. The predicted octanol–water partition coefficient (Wildman–Crippen LogP) is 3.31. The van der Waals surface area contributed by atoms with Gasteiger partial charge < -0.3 is 14.5 Å². The molecule has 31 heavy (non-hydrogen) atoms. The molecule has 3 heterocycles. The van der Waals surface area contributed by atoms with Gasteiger partial charge in [-0.15, -0.1) is 0 Å². The number of hydrogen-bond acceptors (Lipinski definition) is 8. The number of nitrogens with one attached hydrogen (secondary N) is 1. The number of fused-ring (bicyclic) bond motifs is 1. The van der Waals surface area contributed by atoms with Crippen LogP contribution >= 0.6 is 11.3 Å². The van der Waals surface area contributed by atoms with Crippen molar-refractivity contribution in [3.05, 3.63) is 81.1 Å². The third kappa shape index (κ3) is 4.53. The molecule has 9 nitrogen and oxygen atoms in total. The summed E-state index contributed by atoms with van der Waals surface area (Å²) in [6.07, 6.45) is 3.06. The van der Waals surface area contributed by atoms with Gasteiger partial charge in [0.1, 0.15) is 11.6 Å². The van der Waals surface area contributed by atoms with Gasteiger partial charge in [-0.1, -0.05) is 30.4 Å². The van der Waals surface area contributed by atoms with E-state index < -0.39 is 11.9 Å². The molecule has 158 valence electrons. The first-order valence-corrected chi connectivity index (χ1v) is 10.4. The molecule has 0 saturated carbocycles. The zero-order valence-corrected chi connectivity index (χ0v) is 17.3. The van der Waals surface area contributed by atoms with Gasteiger partial charge in [-0.25, -0.2) is 9.78 Å². The van der Waals surface area contributed by atoms with Crippen LogP contribution in [0.1, 0.15) is 45.0 Å². The Labute approximate surface area is 180 Å². The summed E-state index contributed by atoms with van der Waals surface area (Å²) in [5.41, 5.74) is 0.440. The molecular weight excluding hydrogens is 420 g/mol. The second-order valence-corrected chi connectivity index (χ2v) is 7.62. The Balaban J connectivity index is 1.49. The van der Waals surface area contributed by atoms with Crippen molar-refractivity contribution in [2.45, 2.75) is 26.4 Å². The fourth-order valence-corrected chi connectivity index (χ4v) is 3.88. The van der Waals surface area contributed by atoms with Gasteiger partial charge in [-0.2, -0.15) is 9.61 Å². The highest BCUT2D eigenvalue weighted by atomic mass is 32.1. The maximum Gasteiger partial charge on any atom is 0.340 e. The number of carbonyl (C=O) groups excluding carboxylic acids is 2. The van der Waals surface area contributed by atoms with Crippen molar-refractivity contribution >= 4 is 33.9 Å². The lowest BCUT2D eigenvalue weighted by Gasteiger charge is -2.10. The standard InChI is InChI=1S/C21H18N4O5S/c1-2-6-17-24-25-18(26)11-13(22-21(25)31-17)12-30-20(28)14-7-3-4-8-15(14)23-19(27)16-9-5-10-29-16/h3-5,7-11H,2,6,12H2,1H3,(H,23,27). The summed E-state index contributed by atoms with van der Waals surface area (Å²) >= 11 is 1.33. The molecule has 0 aliphatic carbocycles. The summed E-state index contributed by atoms with van der Waals surface area (Å²) in [5, 5.41) is 7.70. The summed E-state index contributed by atoms with van der Waals surface area (Å²) in [6.45, 7) is 1.84. The number of benzene rings is 1. The van der Waals surface area contributed by atoms with Crippen LogP contribution in [0.25, 0.3) is 4.96 Å². The lowest BCUT2D eigenvalue weighted by molar-refractivity contribution is 0.0469. The summed E-state index contributed by atoms with van der Waals surface area (Å²) in [4.78, 5) is 42.0. The molecule has 0 bridgehead atoms. The Morgan fingerprint density at radius 3 is 2.84 bits per heavy atom. The molecular formula is C21H18N4O5S. The van der Waals surface area contributed by atoms with E-state index >= 15 is 0 Å². The average Bonchev–Trinajstić information content (AvgIpc) is 3.43. The minimum atomic E-state index is -0.659. The minimum absolute atomic E-state index is 0.119. The van der Waals surface area contributed by atoms with Crippen molar-refractivity contribution in [3.63, 3.8) is 0 Å². The van der Waals surface area contributed by atoms with E-state index in [2.05, 4.69) is 15.4 Å². The molecule has 0 radical (unpaired) electrons. The van der Waals surface area contributed by atoms with Crippen LogP contribution in [0.3, 0.4) is 0 Å². The Bertz CT molecular complexity index is 1290. The van der Waals surface area contributed by atoms with Crippen LogP contribution in [0.5, 0.6) is 0 Å². The second kappa shape index (κ2) is 8.92. The van der Waals surface area contributed by atoms with Crippen LogP contribution < -0.4 is 10.9 Å². The number of hydrogen-bond donors (Lipinski definition) is 1. The van der Waals surface area contributed by atoms with Gasteiger partial charge in [-0.3, -0.25) is 9.59 Å². The quantitative estimate of drug-likeness (QED) is 0.440. The molecule has 3 aromatic heterocycles. The Morgan fingerprint density at radius 1 is 1.23 bits per heavy atom. The van der Waals surface area contributed by atoms with Crippen LogP contribution in [0, 0.1) is 0 Å². The summed E-state index contributed by atoms with van der Waals surface area (Å²) in [7, 11) is 0. The summed E-state index contributed by atoms with van der Waals surface area (Å²) in [5.74, 6) is -1.03. The van der Waals surface area contributed by atoms with Gasteiger partial charge >= 0.3 is 5.97 Å². The first-order chi connectivity index (χ1) is 15.0. The van der Waals surface area contributed by atoms with E-state index in [1.807, 2.05) is 6.92 Å². The highest BCUT2D eigenvalue weighted by Crippen LogP contribution is 2.19. The molecule has 0 saturated heterocycles. The number of rotatable bonds is 7. The number of furan rings is 1. The highest BCUT2D eigenvalue weighted by Gasteiger charge is 2.17. The number of anilines is 1.